The molecule has 2 N–H and O–H groups in total. The molecule has 0 bridgehead atoms. The third kappa shape index (κ3) is 2.39. The average Bonchev–Trinajstić information content (AvgIpc) is 2.92. The van der Waals surface area contributed by atoms with Crippen LogP contribution in [-0.2, 0) is 0 Å². The van der Waals surface area contributed by atoms with Gasteiger partial charge < -0.3 is 15.5 Å². The standard InChI is InChI=1S/C15H22N4/c1-18-10-11-19(14-9-5-4-8-13(14)18)15(16)17-12-6-2-3-7-12/h4-5,8-9,12H,2-3,6-7,10-11H2,1H3,(H2,16,17). The van der Waals surface area contributed by atoms with Crippen molar-refractivity contribution in [2.75, 3.05) is 29.9 Å². The van der Waals surface area contributed by atoms with Crippen LogP contribution in [0.25, 0.3) is 0 Å². The smallest absolute Gasteiger partial charge is 0.196 e. The zero-order valence-corrected chi connectivity index (χ0v) is 11.5. The maximum atomic E-state index is 6.25. The molecule has 0 saturated heterocycles. The minimum absolute atomic E-state index is 0.437. The predicted octanol–water partition coefficient (Wildman–Crippen LogP) is 2.20. The SMILES string of the molecule is CN1CCN(C(N)=NC2CCCC2)c2ccccc21. The zero-order valence-electron chi connectivity index (χ0n) is 11.5. The first-order valence-corrected chi connectivity index (χ1v) is 7.16. The van der Waals surface area contributed by atoms with Crippen molar-refractivity contribution < 1.29 is 0 Å². The maximum absolute atomic E-state index is 6.25. The fourth-order valence-electron chi connectivity index (χ4n) is 3.03. The van der Waals surface area contributed by atoms with E-state index in [1.807, 2.05) is 0 Å². The Kier molecular flexibility index (Phi) is 3.32. The van der Waals surface area contributed by atoms with Crippen LogP contribution >= 0.6 is 0 Å². The molecule has 102 valence electrons. The van der Waals surface area contributed by atoms with Crippen molar-refractivity contribution in [1.29, 1.82) is 0 Å². The first kappa shape index (κ1) is 12.3. The summed E-state index contributed by atoms with van der Waals surface area (Å²) in [6.07, 6.45) is 4.97. The molecule has 4 nitrogen and oxygen atoms in total. The summed E-state index contributed by atoms with van der Waals surface area (Å²) in [4.78, 5) is 9.16. The summed E-state index contributed by atoms with van der Waals surface area (Å²) in [6, 6.07) is 8.84. The number of likely N-dealkylation sites (N-methyl/N-ethyl adjacent to an activating group) is 1. The molecule has 0 aromatic heterocycles. The molecule has 3 rings (SSSR count). The molecule has 0 radical (unpaired) electrons. The zero-order chi connectivity index (χ0) is 13.2. The van der Waals surface area contributed by atoms with E-state index in [1.54, 1.807) is 0 Å². The lowest BCUT2D eigenvalue weighted by molar-refractivity contribution is 0.699. The van der Waals surface area contributed by atoms with Crippen molar-refractivity contribution in [1.82, 2.24) is 0 Å². The maximum Gasteiger partial charge on any atom is 0.196 e. The van der Waals surface area contributed by atoms with Crippen LogP contribution in [0.1, 0.15) is 25.7 Å². The minimum atomic E-state index is 0.437. The third-order valence-electron chi connectivity index (χ3n) is 4.16. The molecule has 19 heavy (non-hydrogen) atoms. The van der Waals surface area contributed by atoms with Gasteiger partial charge in [-0.1, -0.05) is 25.0 Å². The Hall–Kier alpha value is -1.71. The Morgan fingerprint density at radius 1 is 1.16 bits per heavy atom. The van der Waals surface area contributed by atoms with Gasteiger partial charge in [-0.25, -0.2) is 4.99 Å². The van der Waals surface area contributed by atoms with Gasteiger partial charge in [-0.2, -0.15) is 0 Å². The van der Waals surface area contributed by atoms with Crippen molar-refractivity contribution in [3.8, 4) is 0 Å². The molecule has 0 atom stereocenters. The molecule has 1 aliphatic carbocycles. The highest BCUT2D eigenvalue weighted by Crippen LogP contribution is 2.31. The van der Waals surface area contributed by atoms with Crippen molar-refractivity contribution in [3.05, 3.63) is 24.3 Å². The van der Waals surface area contributed by atoms with Crippen molar-refractivity contribution in [2.24, 2.45) is 10.7 Å². The molecular weight excluding hydrogens is 236 g/mol. The molecule has 1 aromatic rings. The number of hydrogen-bond donors (Lipinski definition) is 1. The topological polar surface area (TPSA) is 44.9 Å². The Morgan fingerprint density at radius 3 is 2.58 bits per heavy atom. The number of guanidine groups is 1. The van der Waals surface area contributed by atoms with Crippen molar-refractivity contribution in [3.63, 3.8) is 0 Å². The van der Waals surface area contributed by atoms with Crippen molar-refractivity contribution >= 4 is 17.3 Å². The van der Waals surface area contributed by atoms with Crippen LogP contribution in [0.5, 0.6) is 0 Å². The Labute approximate surface area is 114 Å². The quantitative estimate of drug-likeness (QED) is 0.620. The number of fused-ring (bicyclic) bond motifs is 1. The van der Waals surface area contributed by atoms with Crippen LogP contribution in [0, 0.1) is 0 Å². The van der Waals surface area contributed by atoms with E-state index < -0.39 is 0 Å². The van der Waals surface area contributed by atoms with Gasteiger partial charge in [0.2, 0.25) is 0 Å². The fraction of sp³-hybridized carbons (Fsp3) is 0.533. The first-order valence-electron chi connectivity index (χ1n) is 7.16. The van der Waals surface area contributed by atoms with Crippen molar-refractivity contribution in [2.45, 2.75) is 31.7 Å². The van der Waals surface area contributed by atoms with Gasteiger partial charge in [0.15, 0.2) is 5.96 Å². The van der Waals surface area contributed by atoms with Gasteiger partial charge in [-0.05, 0) is 25.0 Å². The molecule has 0 spiro atoms. The molecule has 1 aliphatic heterocycles. The Balaban J connectivity index is 1.87. The van der Waals surface area contributed by atoms with Gasteiger partial charge in [0, 0.05) is 20.1 Å². The molecule has 1 saturated carbocycles. The normalized spacial score (nSPS) is 20.8. The molecule has 0 amide bonds. The molecular formula is C15H22N4. The number of nitrogens with zero attached hydrogens (tertiary/aromatic N) is 3. The second-order valence-corrected chi connectivity index (χ2v) is 5.49. The van der Waals surface area contributed by atoms with E-state index >= 15 is 0 Å². The molecule has 1 aromatic carbocycles. The Morgan fingerprint density at radius 2 is 1.84 bits per heavy atom. The van der Waals surface area contributed by atoms with Gasteiger partial charge in [-0.15, -0.1) is 0 Å². The number of anilines is 2. The highest BCUT2D eigenvalue weighted by molar-refractivity contribution is 5.99. The Bertz CT molecular complexity index is 477. The number of nitrogens with two attached hydrogens (primary N) is 1. The van der Waals surface area contributed by atoms with E-state index in [1.165, 1.54) is 37.1 Å². The van der Waals surface area contributed by atoms with E-state index in [9.17, 15) is 0 Å². The second kappa shape index (κ2) is 5.11. The summed E-state index contributed by atoms with van der Waals surface area (Å²) in [5.74, 6) is 0.687. The minimum Gasteiger partial charge on any atom is -0.371 e. The molecule has 1 fully saturated rings. The van der Waals surface area contributed by atoms with Gasteiger partial charge in [0.1, 0.15) is 0 Å². The first-order chi connectivity index (χ1) is 9.25. The van der Waals surface area contributed by atoms with E-state index in [-0.39, 0.29) is 0 Å². The van der Waals surface area contributed by atoms with E-state index in [0.717, 1.165) is 13.1 Å². The van der Waals surface area contributed by atoms with Gasteiger partial charge >= 0.3 is 0 Å². The number of aliphatic imine (C=N–C) groups is 1. The monoisotopic (exact) mass is 258 g/mol. The summed E-state index contributed by atoms with van der Waals surface area (Å²) in [7, 11) is 2.13. The number of benzene rings is 1. The molecule has 0 unspecified atom stereocenters. The van der Waals surface area contributed by atoms with Crippen LogP contribution in [0.4, 0.5) is 11.4 Å². The summed E-state index contributed by atoms with van der Waals surface area (Å²) < 4.78 is 0. The van der Waals surface area contributed by atoms with Gasteiger partial charge in [0.25, 0.3) is 0 Å². The van der Waals surface area contributed by atoms with Crippen LogP contribution in [0.15, 0.2) is 29.3 Å². The number of para-hydroxylation sites is 2. The average molecular weight is 258 g/mol. The highest BCUT2D eigenvalue weighted by atomic mass is 15.3. The summed E-state index contributed by atoms with van der Waals surface area (Å²) in [6.45, 7) is 1.90. The van der Waals surface area contributed by atoms with E-state index in [2.05, 4.69) is 41.1 Å². The largest absolute Gasteiger partial charge is 0.371 e. The summed E-state index contributed by atoms with van der Waals surface area (Å²) in [5, 5.41) is 0. The van der Waals surface area contributed by atoms with Crippen LogP contribution in [0.3, 0.4) is 0 Å². The van der Waals surface area contributed by atoms with Crippen LogP contribution in [0.2, 0.25) is 0 Å². The van der Waals surface area contributed by atoms with E-state index in [4.69, 9.17) is 10.7 Å². The third-order valence-corrected chi connectivity index (χ3v) is 4.16. The molecule has 2 aliphatic rings. The second-order valence-electron chi connectivity index (χ2n) is 5.49. The lowest BCUT2D eigenvalue weighted by Gasteiger charge is -2.36. The lowest BCUT2D eigenvalue weighted by Crippen LogP contribution is -2.46. The predicted molar refractivity (Wildman–Crippen MR) is 80.9 cm³/mol. The highest BCUT2D eigenvalue weighted by Gasteiger charge is 2.23. The van der Waals surface area contributed by atoms with E-state index in [0.29, 0.717) is 12.0 Å². The fourth-order valence-corrected chi connectivity index (χ4v) is 3.03. The number of rotatable bonds is 1. The lowest BCUT2D eigenvalue weighted by atomic mass is 10.2. The number of hydrogen-bond acceptors (Lipinski definition) is 2. The molecule has 1 heterocycles. The van der Waals surface area contributed by atoms with Gasteiger partial charge in [0.05, 0.1) is 17.4 Å². The van der Waals surface area contributed by atoms with Crippen LogP contribution < -0.4 is 15.5 Å². The van der Waals surface area contributed by atoms with Crippen LogP contribution in [-0.4, -0.2) is 32.1 Å². The van der Waals surface area contributed by atoms with Gasteiger partial charge in [-0.3, -0.25) is 0 Å². The molecule has 4 heteroatoms. The summed E-state index contributed by atoms with van der Waals surface area (Å²) >= 11 is 0. The summed E-state index contributed by atoms with van der Waals surface area (Å²) in [5.41, 5.74) is 8.66.